The number of nitrogens with one attached hydrogen (secondary N) is 2. The van der Waals surface area contributed by atoms with Crippen LogP contribution < -0.4 is 16.4 Å². The van der Waals surface area contributed by atoms with Gasteiger partial charge in [-0.1, -0.05) is 18.2 Å². The van der Waals surface area contributed by atoms with Crippen molar-refractivity contribution in [2.24, 2.45) is 0 Å². The number of amides is 1. The van der Waals surface area contributed by atoms with Gasteiger partial charge in [0.25, 0.3) is 0 Å². The monoisotopic (exact) mass is 291 g/mol. The van der Waals surface area contributed by atoms with E-state index in [9.17, 15) is 9.59 Å². The molecule has 5 N–H and O–H groups in total. The minimum atomic E-state index is -1.07. The summed E-state index contributed by atoms with van der Waals surface area (Å²) in [6.07, 6.45) is 1.68. The standard InChI is InChI=1S/C15H21N3O3/c1-3-13(15(21)18-9-14(19)20)10(2)17-8-11-4-6-12(16)7-5-11/h3-7,10,17H,8-9,16H2,1-2H3,(H,18,21)(H,19,20)/b13-3-. The predicted molar refractivity (Wildman–Crippen MR) is 81.6 cm³/mol. The smallest absolute Gasteiger partial charge is 0.322 e. The van der Waals surface area contributed by atoms with E-state index in [2.05, 4.69) is 10.6 Å². The van der Waals surface area contributed by atoms with Gasteiger partial charge < -0.3 is 21.5 Å². The first kappa shape index (κ1) is 16.7. The number of hydrogen-bond donors (Lipinski definition) is 4. The lowest BCUT2D eigenvalue weighted by Crippen LogP contribution is -2.38. The summed E-state index contributed by atoms with van der Waals surface area (Å²) < 4.78 is 0. The molecule has 0 aromatic heterocycles. The van der Waals surface area contributed by atoms with Crippen LogP contribution >= 0.6 is 0 Å². The molecular weight excluding hydrogens is 270 g/mol. The van der Waals surface area contributed by atoms with Crippen LogP contribution in [0.1, 0.15) is 19.4 Å². The third kappa shape index (κ3) is 5.66. The second-order valence-corrected chi connectivity index (χ2v) is 4.66. The van der Waals surface area contributed by atoms with E-state index in [1.165, 1.54) is 0 Å². The van der Waals surface area contributed by atoms with Crippen LogP contribution in [0.5, 0.6) is 0 Å². The molecule has 0 spiro atoms. The molecule has 114 valence electrons. The number of nitrogen functional groups attached to an aromatic ring is 1. The van der Waals surface area contributed by atoms with Crippen LogP contribution in [0, 0.1) is 0 Å². The molecule has 0 aliphatic carbocycles. The van der Waals surface area contributed by atoms with Crippen molar-refractivity contribution in [2.45, 2.75) is 26.4 Å². The molecule has 0 radical (unpaired) electrons. The van der Waals surface area contributed by atoms with E-state index in [1.807, 2.05) is 31.2 Å². The van der Waals surface area contributed by atoms with Gasteiger partial charge in [-0.05, 0) is 31.5 Å². The van der Waals surface area contributed by atoms with Crippen LogP contribution in [0.15, 0.2) is 35.9 Å². The molecule has 0 aliphatic rings. The number of benzene rings is 1. The second-order valence-electron chi connectivity index (χ2n) is 4.66. The highest BCUT2D eigenvalue weighted by Gasteiger charge is 2.16. The summed E-state index contributed by atoms with van der Waals surface area (Å²) in [6.45, 7) is 3.80. The number of carboxylic acids is 1. The zero-order valence-corrected chi connectivity index (χ0v) is 12.2. The van der Waals surface area contributed by atoms with Crippen molar-refractivity contribution in [3.63, 3.8) is 0 Å². The van der Waals surface area contributed by atoms with E-state index in [-0.39, 0.29) is 18.5 Å². The highest BCUT2D eigenvalue weighted by Crippen LogP contribution is 2.07. The molecule has 0 bridgehead atoms. The first-order chi connectivity index (χ1) is 9.93. The van der Waals surface area contributed by atoms with Crippen LogP contribution in [0.3, 0.4) is 0 Å². The first-order valence-corrected chi connectivity index (χ1v) is 6.68. The normalized spacial score (nSPS) is 12.8. The lowest BCUT2D eigenvalue weighted by Gasteiger charge is -2.17. The predicted octanol–water partition coefficient (Wildman–Crippen LogP) is 0.894. The van der Waals surface area contributed by atoms with Crippen LogP contribution in [-0.2, 0) is 16.1 Å². The van der Waals surface area contributed by atoms with Crippen molar-refractivity contribution in [3.05, 3.63) is 41.5 Å². The maximum atomic E-state index is 11.9. The van der Waals surface area contributed by atoms with E-state index in [0.717, 1.165) is 5.56 Å². The number of rotatable bonds is 7. The molecule has 0 heterocycles. The molecular formula is C15H21N3O3. The van der Waals surface area contributed by atoms with Gasteiger partial charge in [0.2, 0.25) is 5.91 Å². The number of carboxylic acid groups (broad SMARTS) is 1. The van der Waals surface area contributed by atoms with Crippen molar-refractivity contribution in [1.29, 1.82) is 0 Å². The average Bonchev–Trinajstić information content (AvgIpc) is 2.45. The van der Waals surface area contributed by atoms with Crippen LogP contribution in [0.25, 0.3) is 0 Å². The zero-order valence-electron chi connectivity index (χ0n) is 12.2. The number of allylic oxidation sites excluding steroid dienone is 1. The van der Waals surface area contributed by atoms with Gasteiger partial charge in [0.1, 0.15) is 6.54 Å². The number of nitrogens with two attached hydrogens (primary N) is 1. The molecule has 1 aromatic carbocycles. The Hall–Kier alpha value is -2.34. The lowest BCUT2D eigenvalue weighted by atomic mass is 10.1. The van der Waals surface area contributed by atoms with Crippen molar-refractivity contribution in [1.82, 2.24) is 10.6 Å². The fourth-order valence-electron chi connectivity index (χ4n) is 1.85. The molecule has 0 saturated heterocycles. The SMILES string of the molecule is C/C=C(\C(=O)NCC(=O)O)C(C)NCc1ccc(N)cc1. The summed E-state index contributed by atoms with van der Waals surface area (Å²) in [7, 11) is 0. The summed E-state index contributed by atoms with van der Waals surface area (Å²) in [5.41, 5.74) is 7.88. The molecule has 1 aromatic rings. The number of hydrogen-bond acceptors (Lipinski definition) is 4. The Labute approximate surface area is 124 Å². The molecule has 1 unspecified atom stereocenters. The number of carbonyl (C=O) groups is 2. The van der Waals surface area contributed by atoms with E-state index >= 15 is 0 Å². The third-order valence-electron chi connectivity index (χ3n) is 3.03. The van der Waals surface area contributed by atoms with Gasteiger partial charge in [0.05, 0.1) is 0 Å². The summed E-state index contributed by atoms with van der Waals surface area (Å²) in [4.78, 5) is 22.3. The molecule has 0 fully saturated rings. The zero-order chi connectivity index (χ0) is 15.8. The molecule has 6 heteroatoms. The Bertz CT molecular complexity index is 523. The van der Waals surface area contributed by atoms with Gasteiger partial charge in [0, 0.05) is 23.8 Å². The minimum absolute atomic E-state index is 0.193. The topological polar surface area (TPSA) is 104 Å². The fraction of sp³-hybridized carbons (Fsp3) is 0.333. The van der Waals surface area contributed by atoms with E-state index in [1.54, 1.807) is 13.0 Å². The van der Waals surface area contributed by atoms with E-state index in [0.29, 0.717) is 17.8 Å². The summed E-state index contributed by atoms with van der Waals surface area (Å²) in [5, 5.41) is 14.1. The second kappa shape index (κ2) is 8.06. The summed E-state index contributed by atoms with van der Waals surface area (Å²) in [6, 6.07) is 7.26. The quantitative estimate of drug-likeness (QED) is 0.441. The molecule has 0 aliphatic heterocycles. The first-order valence-electron chi connectivity index (χ1n) is 6.68. The van der Waals surface area contributed by atoms with E-state index < -0.39 is 5.97 Å². The summed E-state index contributed by atoms with van der Waals surface area (Å²) in [5.74, 6) is -1.45. The Balaban J connectivity index is 2.55. The largest absolute Gasteiger partial charge is 0.480 e. The van der Waals surface area contributed by atoms with Crippen LogP contribution in [0.2, 0.25) is 0 Å². The maximum Gasteiger partial charge on any atom is 0.322 e. The van der Waals surface area contributed by atoms with Gasteiger partial charge >= 0.3 is 5.97 Å². The van der Waals surface area contributed by atoms with Crippen molar-refractivity contribution in [3.8, 4) is 0 Å². The van der Waals surface area contributed by atoms with Crippen molar-refractivity contribution < 1.29 is 14.7 Å². The van der Waals surface area contributed by atoms with Gasteiger partial charge in [-0.15, -0.1) is 0 Å². The molecule has 1 rings (SSSR count). The minimum Gasteiger partial charge on any atom is -0.480 e. The number of aliphatic carboxylic acids is 1. The van der Waals surface area contributed by atoms with Crippen LogP contribution in [-0.4, -0.2) is 29.6 Å². The van der Waals surface area contributed by atoms with Crippen molar-refractivity contribution in [2.75, 3.05) is 12.3 Å². The van der Waals surface area contributed by atoms with Gasteiger partial charge in [-0.25, -0.2) is 0 Å². The average molecular weight is 291 g/mol. The van der Waals surface area contributed by atoms with Gasteiger partial charge in [0.15, 0.2) is 0 Å². The molecule has 1 amide bonds. The summed E-state index contributed by atoms with van der Waals surface area (Å²) >= 11 is 0. The van der Waals surface area contributed by atoms with Gasteiger partial charge in [-0.2, -0.15) is 0 Å². The highest BCUT2D eigenvalue weighted by molar-refractivity contribution is 5.96. The Morgan fingerprint density at radius 2 is 1.95 bits per heavy atom. The lowest BCUT2D eigenvalue weighted by molar-refractivity contribution is -0.137. The molecule has 1 atom stereocenters. The third-order valence-corrected chi connectivity index (χ3v) is 3.03. The number of carbonyl (C=O) groups excluding carboxylic acids is 1. The van der Waals surface area contributed by atoms with E-state index in [4.69, 9.17) is 10.8 Å². The molecule has 6 nitrogen and oxygen atoms in total. The Kier molecular flexibility index (Phi) is 6.42. The Morgan fingerprint density at radius 1 is 1.33 bits per heavy atom. The molecule has 21 heavy (non-hydrogen) atoms. The van der Waals surface area contributed by atoms with Crippen LogP contribution in [0.4, 0.5) is 5.69 Å². The highest BCUT2D eigenvalue weighted by atomic mass is 16.4. The molecule has 0 saturated carbocycles. The van der Waals surface area contributed by atoms with Gasteiger partial charge in [-0.3, -0.25) is 9.59 Å². The number of anilines is 1. The van der Waals surface area contributed by atoms with Crippen molar-refractivity contribution >= 4 is 17.6 Å². The Morgan fingerprint density at radius 3 is 2.48 bits per heavy atom. The maximum absolute atomic E-state index is 11.9. The fourth-order valence-corrected chi connectivity index (χ4v) is 1.85.